The van der Waals surface area contributed by atoms with Crippen molar-refractivity contribution in [1.82, 2.24) is 4.31 Å². The van der Waals surface area contributed by atoms with Crippen LogP contribution in [0.15, 0.2) is 41.3 Å². The van der Waals surface area contributed by atoms with Crippen LogP contribution in [0.3, 0.4) is 0 Å². The van der Waals surface area contributed by atoms with Gasteiger partial charge in [-0.15, -0.1) is 0 Å². The number of rotatable bonds is 10. The number of ether oxygens (including phenoxy) is 2. The minimum absolute atomic E-state index is 0.0130. The fourth-order valence-electron chi connectivity index (χ4n) is 2.72. The van der Waals surface area contributed by atoms with Crippen LogP contribution in [0.4, 0.5) is 5.69 Å². The standard InChI is InChI=1S/C20H24Cl2N2O5S/c1-4-24(5-2)30(26,27)18-12-14(10-11-17(18)28-6-3)23-19(25)13-29-20-15(21)8-7-9-16(20)22/h7-12H,4-6,13H2,1-3H3,(H,23,25). The Hall–Kier alpha value is -2.00. The number of nitrogens with zero attached hydrogens (tertiary/aromatic N) is 1. The first-order chi connectivity index (χ1) is 14.2. The summed E-state index contributed by atoms with van der Waals surface area (Å²) in [6.07, 6.45) is 0. The summed E-state index contributed by atoms with van der Waals surface area (Å²) < 4.78 is 38.2. The summed E-state index contributed by atoms with van der Waals surface area (Å²) in [5.74, 6) is -0.0738. The average molecular weight is 475 g/mol. The number of hydrogen-bond donors (Lipinski definition) is 1. The highest BCUT2D eigenvalue weighted by molar-refractivity contribution is 7.89. The molecule has 0 saturated carbocycles. The maximum Gasteiger partial charge on any atom is 0.262 e. The van der Waals surface area contributed by atoms with Gasteiger partial charge in [0.05, 0.1) is 16.7 Å². The van der Waals surface area contributed by atoms with Crippen LogP contribution in [-0.2, 0) is 14.8 Å². The SMILES string of the molecule is CCOc1ccc(NC(=O)COc2c(Cl)cccc2Cl)cc1S(=O)(=O)N(CC)CC. The lowest BCUT2D eigenvalue weighted by Crippen LogP contribution is -2.31. The topological polar surface area (TPSA) is 84.9 Å². The Morgan fingerprint density at radius 2 is 1.67 bits per heavy atom. The molecule has 0 aliphatic rings. The van der Waals surface area contributed by atoms with Gasteiger partial charge in [0.25, 0.3) is 5.91 Å². The van der Waals surface area contributed by atoms with Gasteiger partial charge >= 0.3 is 0 Å². The average Bonchev–Trinajstić information content (AvgIpc) is 2.69. The summed E-state index contributed by atoms with van der Waals surface area (Å²) in [5, 5.41) is 3.18. The van der Waals surface area contributed by atoms with Gasteiger partial charge in [0.1, 0.15) is 10.6 Å². The fourth-order valence-corrected chi connectivity index (χ4v) is 4.84. The molecule has 0 atom stereocenters. The molecule has 164 valence electrons. The van der Waals surface area contributed by atoms with E-state index in [2.05, 4.69) is 5.32 Å². The molecule has 0 heterocycles. The highest BCUT2D eigenvalue weighted by atomic mass is 35.5. The molecule has 0 fully saturated rings. The van der Waals surface area contributed by atoms with E-state index in [9.17, 15) is 13.2 Å². The number of carbonyl (C=O) groups excluding carboxylic acids is 1. The number of amides is 1. The fraction of sp³-hybridized carbons (Fsp3) is 0.350. The molecule has 0 bridgehead atoms. The Labute approximate surface area is 186 Å². The van der Waals surface area contributed by atoms with Crippen molar-refractivity contribution in [2.45, 2.75) is 25.7 Å². The van der Waals surface area contributed by atoms with E-state index in [0.717, 1.165) is 0 Å². The third-order valence-corrected chi connectivity index (χ3v) is 6.78. The monoisotopic (exact) mass is 474 g/mol. The second kappa shape index (κ2) is 10.9. The largest absolute Gasteiger partial charge is 0.492 e. The number of para-hydroxylation sites is 1. The number of sulfonamides is 1. The van der Waals surface area contributed by atoms with Crippen molar-refractivity contribution >= 4 is 44.8 Å². The van der Waals surface area contributed by atoms with Crippen molar-refractivity contribution in [3.63, 3.8) is 0 Å². The van der Waals surface area contributed by atoms with Gasteiger partial charge in [-0.1, -0.05) is 43.1 Å². The molecular weight excluding hydrogens is 451 g/mol. The van der Waals surface area contributed by atoms with Crippen molar-refractivity contribution in [3.05, 3.63) is 46.4 Å². The van der Waals surface area contributed by atoms with E-state index in [-0.39, 0.29) is 33.0 Å². The lowest BCUT2D eigenvalue weighted by Gasteiger charge is -2.21. The second-order valence-corrected chi connectivity index (χ2v) is 8.79. The van der Waals surface area contributed by atoms with Crippen LogP contribution < -0.4 is 14.8 Å². The van der Waals surface area contributed by atoms with Crippen LogP contribution in [0.2, 0.25) is 10.0 Å². The minimum atomic E-state index is -3.79. The Morgan fingerprint density at radius 1 is 1.03 bits per heavy atom. The maximum atomic E-state index is 13.0. The van der Waals surface area contributed by atoms with Crippen LogP contribution in [-0.4, -0.2) is 44.9 Å². The zero-order chi connectivity index (χ0) is 22.3. The van der Waals surface area contributed by atoms with Gasteiger partial charge in [0.15, 0.2) is 12.4 Å². The number of anilines is 1. The summed E-state index contributed by atoms with van der Waals surface area (Å²) in [6, 6.07) is 9.30. The molecule has 10 heteroatoms. The first-order valence-corrected chi connectivity index (χ1v) is 11.6. The van der Waals surface area contributed by atoms with Crippen molar-refractivity contribution in [3.8, 4) is 11.5 Å². The molecule has 0 unspecified atom stereocenters. The van der Waals surface area contributed by atoms with Gasteiger partial charge in [-0.2, -0.15) is 4.31 Å². The summed E-state index contributed by atoms with van der Waals surface area (Å²) >= 11 is 12.0. The molecule has 2 aromatic rings. The van der Waals surface area contributed by atoms with Gasteiger partial charge in [0.2, 0.25) is 10.0 Å². The first kappa shape index (κ1) is 24.3. The van der Waals surface area contributed by atoms with Crippen LogP contribution in [0.5, 0.6) is 11.5 Å². The molecule has 0 aliphatic carbocycles. The predicted octanol–water partition coefficient (Wildman–Crippen LogP) is 4.44. The molecule has 0 radical (unpaired) electrons. The van der Waals surface area contributed by atoms with E-state index < -0.39 is 15.9 Å². The summed E-state index contributed by atoms with van der Waals surface area (Å²) in [4.78, 5) is 12.3. The zero-order valence-corrected chi connectivity index (χ0v) is 19.3. The minimum Gasteiger partial charge on any atom is -0.492 e. The van der Waals surface area contributed by atoms with Crippen LogP contribution in [0, 0.1) is 0 Å². The second-order valence-electron chi connectivity index (χ2n) is 6.07. The van der Waals surface area contributed by atoms with Gasteiger partial charge in [-0.3, -0.25) is 4.79 Å². The first-order valence-electron chi connectivity index (χ1n) is 9.38. The Balaban J connectivity index is 2.23. The van der Waals surface area contributed by atoms with Crippen LogP contribution in [0.1, 0.15) is 20.8 Å². The highest BCUT2D eigenvalue weighted by Gasteiger charge is 2.26. The van der Waals surface area contributed by atoms with E-state index in [1.165, 1.54) is 16.4 Å². The summed E-state index contributed by atoms with van der Waals surface area (Å²) in [5.41, 5.74) is 0.294. The molecule has 1 N–H and O–H groups in total. The Bertz CT molecular complexity index is 974. The highest BCUT2D eigenvalue weighted by Crippen LogP contribution is 2.33. The van der Waals surface area contributed by atoms with E-state index in [1.807, 2.05) is 0 Å². The summed E-state index contributed by atoms with van der Waals surface area (Å²) in [7, 11) is -3.79. The van der Waals surface area contributed by atoms with Crippen LogP contribution in [0.25, 0.3) is 0 Å². The number of hydrogen-bond acceptors (Lipinski definition) is 5. The molecular formula is C20H24Cl2N2O5S. The van der Waals surface area contributed by atoms with Gasteiger partial charge < -0.3 is 14.8 Å². The number of nitrogens with one attached hydrogen (secondary N) is 1. The number of benzene rings is 2. The maximum absolute atomic E-state index is 13.0. The number of carbonyl (C=O) groups is 1. The molecule has 0 aromatic heterocycles. The van der Waals surface area contributed by atoms with Crippen LogP contribution >= 0.6 is 23.2 Å². The van der Waals surface area contributed by atoms with Gasteiger partial charge in [0, 0.05) is 18.8 Å². The van der Waals surface area contributed by atoms with Gasteiger partial charge in [-0.05, 0) is 37.3 Å². The molecule has 0 aliphatic heterocycles. The molecule has 7 nitrogen and oxygen atoms in total. The van der Waals surface area contributed by atoms with Crippen molar-refractivity contribution in [2.75, 3.05) is 31.6 Å². The molecule has 2 rings (SSSR count). The third kappa shape index (κ3) is 5.78. The lowest BCUT2D eigenvalue weighted by atomic mass is 10.3. The summed E-state index contributed by atoms with van der Waals surface area (Å²) in [6.45, 7) is 5.85. The molecule has 0 saturated heterocycles. The lowest BCUT2D eigenvalue weighted by molar-refractivity contribution is -0.118. The van der Waals surface area contributed by atoms with Crippen molar-refractivity contribution in [2.24, 2.45) is 0 Å². The molecule has 0 spiro atoms. The quantitative estimate of drug-likeness (QED) is 0.549. The molecule has 1 amide bonds. The van der Waals surface area contributed by atoms with Crippen molar-refractivity contribution < 1.29 is 22.7 Å². The van der Waals surface area contributed by atoms with Crippen molar-refractivity contribution in [1.29, 1.82) is 0 Å². The Morgan fingerprint density at radius 3 is 2.23 bits per heavy atom. The van der Waals surface area contributed by atoms with E-state index in [1.54, 1.807) is 45.0 Å². The Kier molecular flexibility index (Phi) is 8.78. The normalized spacial score (nSPS) is 11.4. The van der Waals surface area contributed by atoms with E-state index >= 15 is 0 Å². The predicted molar refractivity (Wildman–Crippen MR) is 118 cm³/mol. The number of halogens is 2. The third-order valence-electron chi connectivity index (χ3n) is 4.12. The van der Waals surface area contributed by atoms with Gasteiger partial charge in [-0.25, -0.2) is 8.42 Å². The van der Waals surface area contributed by atoms with E-state index in [4.69, 9.17) is 32.7 Å². The van der Waals surface area contributed by atoms with E-state index in [0.29, 0.717) is 25.4 Å². The molecule has 30 heavy (non-hydrogen) atoms. The molecule has 2 aromatic carbocycles. The zero-order valence-electron chi connectivity index (χ0n) is 16.9. The smallest absolute Gasteiger partial charge is 0.262 e.